The summed E-state index contributed by atoms with van der Waals surface area (Å²) >= 11 is 0. The molecule has 0 bridgehead atoms. The summed E-state index contributed by atoms with van der Waals surface area (Å²) in [7, 11) is 1.42. The minimum absolute atomic E-state index is 0.00545. The zero-order valence-electron chi connectivity index (χ0n) is 11.9. The van der Waals surface area contributed by atoms with Gasteiger partial charge in [-0.1, -0.05) is 12.8 Å². The predicted molar refractivity (Wildman–Crippen MR) is 76.8 cm³/mol. The van der Waals surface area contributed by atoms with E-state index in [0.717, 1.165) is 25.7 Å². The van der Waals surface area contributed by atoms with Gasteiger partial charge in [0, 0.05) is 0 Å². The first kappa shape index (κ1) is 15.3. The van der Waals surface area contributed by atoms with Crippen LogP contribution in [0.4, 0.5) is 5.69 Å². The number of carbonyl (C=O) groups is 2. The molecule has 0 aromatic heterocycles. The zero-order valence-corrected chi connectivity index (χ0v) is 11.9. The van der Waals surface area contributed by atoms with Gasteiger partial charge in [0.05, 0.1) is 24.5 Å². The molecule has 114 valence electrons. The predicted octanol–water partition coefficient (Wildman–Crippen LogP) is 2.29. The van der Waals surface area contributed by atoms with E-state index in [0.29, 0.717) is 11.4 Å². The Morgan fingerprint density at radius 1 is 1.33 bits per heavy atom. The maximum Gasteiger partial charge on any atom is 0.335 e. The van der Waals surface area contributed by atoms with Crippen molar-refractivity contribution in [3.8, 4) is 5.75 Å². The van der Waals surface area contributed by atoms with Crippen molar-refractivity contribution in [3.05, 3.63) is 23.8 Å². The molecule has 1 aliphatic carbocycles. The molecule has 0 saturated heterocycles. The van der Waals surface area contributed by atoms with Crippen LogP contribution in [-0.4, -0.2) is 36.8 Å². The quantitative estimate of drug-likeness (QED) is 0.840. The van der Waals surface area contributed by atoms with Crippen molar-refractivity contribution in [1.29, 1.82) is 0 Å². The molecule has 1 aromatic carbocycles. The van der Waals surface area contributed by atoms with Gasteiger partial charge in [0.25, 0.3) is 0 Å². The number of ether oxygens (including phenoxy) is 2. The molecule has 1 fully saturated rings. The van der Waals surface area contributed by atoms with E-state index in [1.54, 1.807) is 0 Å². The molecule has 0 heterocycles. The van der Waals surface area contributed by atoms with Gasteiger partial charge in [-0.05, 0) is 31.0 Å². The van der Waals surface area contributed by atoms with E-state index in [1.807, 2.05) is 0 Å². The lowest BCUT2D eigenvalue weighted by molar-refractivity contribution is -0.122. The topological polar surface area (TPSA) is 84.9 Å². The van der Waals surface area contributed by atoms with Crippen molar-refractivity contribution in [3.63, 3.8) is 0 Å². The molecule has 0 aliphatic heterocycles. The summed E-state index contributed by atoms with van der Waals surface area (Å²) in [6, 6.07) is 4.30. The SMILES string of the molecule is COc1cc(C(=O)O)ccc1NC(=O)COC1CCCC1. The molecule has 21 heavy (non-hydrogen) atoms. The van der Waals surface area contributed by atoms with Crippen molar-refractivity contribution < 1.29 is 24.2 Å². The van der Waals surface area contributed by atoms with Crippen LogP contribution in [0, 0.1) is 0 Å². The minimum atomic E-state index is -1.05. The van der Waals surface area contributed by atoms with Crippen molar-refractivity contribution >= 4 is 17.6 Å². The Kier molecular flexibility index (Phi) is 5.16. The average Bonchev–Trinajstić information content (AvgIpc) is 2.98. The maximum absolute atomic E-state index is 11.8. The first-order chi connectivity index (χ1) is 10.1. The highest BCUT2D eigenvalue weighted by molar-refractivity contribution is 5.95. The number of nitrogens with one attached hydrogen (secondary N) is 1. The fourth-order valence-corrected chi connectivity index (χ4v) is 2.36. The number of aromatic carboxylic acids is 1. The molecule has 2 rings (SSSR count). The molecule has 1 amide bonds. The van der Waals surface area contributed by atoms with Gasteiger partial charge in [0.2, 0.25) is 5.91 Å². The number of carboxylic acid groups (broad SMARTS) is 1. The number of hydrogen-bond donors (Lipinski definition) is 2. The van der Waals surface area contributed by atoms with E-state index in [-0.39, 0.29) is 24.2 Å². The molecule has 0 radical (unpaired) electrons. The largest absolute Gasteiger partial charge is 0.495 e. The Bertz CT molecular complexity index is 523. The van der Waals surface area contributed by atoms with Crippen LogP contribution in [0.1, 0.15) is 36.0 Å². The summed E-state index contributed by atoms with van der Waals surface area (Å²) in [5.74, 6) is -1.01. The molecule has 6 heteroatoms. The van der Waals surface area contributed by atoms with Crippen LogP contribution in [0.2, 0.25) is 0 Å². The second-order valence-corrected chi connectivity index (χ2v) is 4.99. The van der Waals surface area contributed by atoms with Gasteiger partial charge in [0.1, 0.15) is 12.4 Å². The lowest BCUT2D eigenvalue weighted by Gasteiger charge is -2.13. The van der Waals surface area contributed by atoms with Gasteiger partial charge < -0.3 is 19.9 Å². The van der Waals surface area contributed by atoms with E-state index in [9.17, 15) is 9.59 Å². The normalized spacial score (nSPS) is 14.9. The Hall–Kier alpha value is -2.08. The van der Waals surface area contributed by atoms with Gasteiger partial charge in [-0.3, -0.25) is 4.79 Å². The number of carboxylic acids is 1. The van der Waals surface area contributed by atoms with Crippen molar-refractivity contribution in [2.24, 2.45) is 0 Å². The Morgan fingerprint density at radius 3 is 2.67 bits per heavy atom. The summed E-state index contributed by atoms with van der Waals surface area (Å²) in [5, 5.41) is 11.6. The highest BCUT2D eigenvalue weighted by atomic mass is 16.5. The first-order valence-electron chi connectivity index (χ1n) is 6.93. The zero-order chi connectivity index (χ0) is 15.2. The van der Waals surface area contributed by atoms with Gasteiger partial charge in [-0.2, -0.15) is 0 Å². The van der Waals surface area contributed by atoms with Crippen molar-refractivity contribution in [2.45, 2.75) is 31.8 Å². The van der Waals surface area contributed by atoms with Crippen LogP contribution >= 0.6 is 0 Å². The maximum atomic E-state index is 11.8. The third kappa shape index (κ3) is 4.19. The number of anilines is 1. The van der Waals surface area contributed by atoms with Crippen LogP contribution in [0.25, 0.3) is 0 Å². The highest BCUT2D eigenvalue weighted by Crippen LogP contribution is 2.26. The number of benzene rings is 1. The molecule has 0 unspecified atom stereocenters. The summed E-state index contributed by atoms with van der Waals surface area (Å²) in [6.07, 6.45) is 4.48. The number of methoxy groups -OCH3 is 1. The van der Waals surface area contributed by atoms with Gasteiger partial charge in [-0.15, -0.1) is 0 Å². The lowest BCUT2D eigenvalue weighted by Crippen LogP contribution is -2.22. The average molecular weight is 293 g/mol. The number of rotatable bonds is 6. The van der Waals surface area contributed by atoms with E-state index >= 15 is 0 Å². The summed E-state index contributed by atoms with van der Waals surface area (Å²) in [5.41, 5.74) is 0.537. The molecule has 1 aromatic rings. The van der Waals surface area contributed by atoms with E-state index in [4.69, 9.17) is 14.6 Å². The van der Waals surface area contributed by atoms with Crippen molar-refractivity contribution in [1.82, 2.24) is 0 Å². The molecule has 1 aliphatic rings. The fraction of sp³-hybridized carbons (Fsp3) is 0.467. The van der Waals surface area contributed by atoms with Gasteiger partial charge in [0.15, 0.2) is 0 Å². The van der Waals surface area contributed by atoms with Crippen LogP contribution < -0.4 is 10.1 Å². The smallest absolute Gasteiger partial charge is 0.335 e. The summed E-state index contributed by atoms with van der Waals surface area (Å²) < 4.78 is 10.6. The van der Waals surface area contributed by atoms with Crippen LogP contribution in [0.3, 0.4) is 0 Å². The van der Waals surface area contributed by atoms with E-state index in [1.165, 1.54) is 25.3 Å². The number of amides is 1. The Morgan fingerprint density at radius 2 is 2.05 bits per heavy atom. The van der Waals surface area contributed by atoms with Crippen LogP contribution in [0.5, 0.6) is 5.75 Å². The van der Waals surface area contributed by atoms with Gasteiger partial charge in [-0.25, -0.2) is 4.79 Å². The van der Waals surface area contributed by atoms with Gasteiger partial charge >= 0.3 is 5.97 Å². The number of carbonyl (C=O) groups excluding carboxylic acids is 1. The first-order valence-corrected chi connectivity index (χ1v) is 6.93. The number of hydrogen-bond acceptors (Lipinski definition) is 4. The van der Waals surface area contributed by atoms with E-state index < -0.39 is 5.97 Å². The van der Waals surface area contributed by atoms with Crippen LogP contribution in [-0.2, 0) is 9.53 Å². The minimum Gasteiger partial charge on any atom is -0.495 e. The third-order valence-corrected chi connectivity index (χ3v) is 3.47. The standard InChI is InChI=1S/C15H19NO5/c1-20-13-8-10(15(18)19)6-7-12(13)16-14(17)9-21-11-4-2-3-5-11/h6-8,11H,2-5,9H2,1H3,(H,16,17)(H,18,19). The fourth-order valence-electron chi connectivity index (χ4n) is 2.36. The molecular formula is C15H19NO5. The molecule has 0 atom stereocenters. The Balaban J connectivity index is 1.94. The lowest BCUT2D eigenvalue weighted by atomic mass is 10.2. The molecule has 2 N–H and O–H groups in total. The molecular weight excluding hydrogens is 274 g/mol. The summed E-state index contributed by atoms with van der Waals surface area (Å²) in [6.45, 7) is -0.00545. The summed E-state index contributed by atoms with van der Waals surface area (Å²) in [4.78, 5) is 22.7. The van der Waals surface area contributed by atoms with Crippen molar-refractivity contribution in [2.75, 3.05) is 19.0 Å². The second kappa shape index (κ2) is 7.08. The Labute approximate surface area is 123 Å². The molecule has 0 spiro atoms. The third-order valence-electron chi connectivity index (χ3n) is 3.47. The monoisotopic (exact) mass is 293 g/mol. The van der Waals surface area contributed by atoms with Crippen LogP contribution in [0.15, 0.2) is 18.2 Å². The molecule has 6 nitrogen and oxygen atoms in total. The molecule has 1 saturated carbocycles. The second-order valence-electron chi connectivity index (χ2n) is 4.99. The van der Waals surface area contributed by atoms with E-state index in [2.05, 4.69) is 5.32 Å². The highest BCUT2D eigenvalue weighted by Gasteiger charge is 2.17.